The minimum atomic E-state index is 0.640. The van der Waals surface area contributed by atoms with E-state index < -0.39 is 0 Å². The number of hydrogen-bond acceptors (Lipinski definition) is 5. The maximum Gasteiger partial charge on any atom is 0.142 e. The molecule has 0 bridgehead atoms. The number of hydrogen-bond donors (Lipinski definition) is 1. The smallest absolute Gasteiger partial charge is 0.142 e. The maximum absolute atomic E-state index is 5.79. The van der Waals surface area contributed by atoms with Gasteiger partial charge in [0.15, 0.2) is 0 Å². The first kappa shape index (κ1) is 11.7. The molecular formula is C11H19N3OS. The number of ether oxygens (including phenoxy) is 1. The molecule has 1 saturated heterocycles. The van der Waals surface area contributed by atoms with E-state index in [4.69, 9.17) is 10.5 Å². The monoisotopic (exact) mass is 241 g/mol. The highest BCUT2D eigenvalue weighted by molar-refractivity contribution is 7.10. The number of rotatable bonds is 3. The van der Waals surface area contributed by atoms with Crippen molar-refractivity contribution in [3.8, 4) is 0 Å². The van der Waals surface area contributed by atoms with Gasteiger partial charge in [-0.3, -0.25) is 0 Å². The summed E-state index contributed by atoms with van der Waals surface area (Å²) in [5.74, 6) is 1.32. The molecule has 2 heterocycles. The lowest BCUT2D eigenvalue weighted by molar-refractivity contribution is 0.143. The lowest BCUT2D eigenvalue weighted by Crippen LogP contribution is -2.36. The van der Waals surface area contributed by atoms with Crippen molar-refractivity contribution < 1.29 is 4.74 Å². The van der Waals surface area contributed by atoms with E-state index in [1.54, 1.807) is 7.11 Å². The van der Waals surface area contributed by atoms with E-state index in [-0.39, 0.29) is 0 Å². The topological polar surface area (TPSA) is 51.4 Å². The third-order valence-corrected chi connectivity index (χ3v) is 4.17. The molecule has 1 atom stereocenters. The molecule has 2 N–H and O–H groups in total. The minimum absolute atomic E-state index is 0.640. The van der Waals surface area contributed by atoms with Gasteiger partial charge in [0.05, 0.1) is 6.61 Å². The molecule has 1 aromatic rings. The van der Waals surface area contributed by atoms with Crippen LogP contribution < -0.4 is 10.6 Å². The SMILES string of the molecule is COCC1CCCN(c2snc(N)c2C)C1. The molecule has 4 nitrogen and oxygen atoms in total. The molecule has 1 fully saturated rings. The van der Waals surface area contributed by atoms with Gasteiger partial charge in [-0.1, -0.05) is 0 Å². The number of anilines is 2. The van der Waals surface area contributed by atoms with Crippen LogP contribution in [0.3, 0.4) is 0 Å². The zero-order chi connectivity index (χ0) is 11.5. The predicted molar refractivity (Wildman–Crippen MR) is 68.1 cm³/mol. The molecule has 0 spiro atoms. The normalized spacial score (nSPS) is 21.4. The van der Waals surface area contributed by atoms with Crippen LogP contribution >= 0.6 is 11.5 Å². The number of piperidine rings is 1. The molecule has 1 aliphatic heterocycles. The Morgan fingerprint density at radius 1 is 1.62 bits per heavy atom. The van der Waals surface area contributed by atoms with Gasteiger partial charge in [0, 0.05) is 25.8 Å². The number of aromatic nitrogens is 1. The predicted octanol–water partition coefficient (Wildman–Crippen LogP) is 1.90. The van der Waals surface area contributed by atoms with Gasteiger partial charge >= 0.3 is 0 Å². The van der Waals surface area contributed by atoms with Crippen LogP contribution in [0.25, 0.3) is 0 Å². The minimum Gasteiger partial charge on any atom is -0.384 e. The highest BCUT2D eigenvalue weighted by Crippen LogP contribution is 2.32. The fourth-order valence-electron chi connectivity index (χ4n) is 2.26. The summed E-state index contributed by atoms with van der Waals surface area (Å²) in [6.45, 7) is 5.08. The number of methoxy groups -OCH3 is 1. The molecule has 16 heavy (non-hydrogen) atoms. The second-order valence-corrected chi connectivity index (χ2v) is 5.16. The van der Waals surface area contributed by atoms with Crippen LogP contribution in [0.4, 0.5) is 10.8 Å². The van der Waals surface area contributed by atoms with Gasteiger partial charge in [-0.2, -0.15) is 4.37 Å². The Bertz CT molecular complexity index is 351. The van der Waals surface area contributed by atoms with E-state index in [1.165, 1.54) is 29.4 Å². The summed E-state index contributed by atoms with van der Waals surface area (Å²) in [7, 11) is 1.77. The van der Waals surface area contributed by atoms with Crippen molar-refractivity contribution in [3.63, 3.8) is 0 Å². The van der Waals surface area contributed by atoms with Gasteiger partial charge in [-0.25, -0.2) is 0 Å². The van der Waals surface area contributed by atoms with Crippen LogP contribution in [-0.2, 0) is 4.74 Å². The van der Waals surface area contributed by atoms with Gasteiger partial charge in [-0.15, -0.1) is 0 Å². The highest BCUT2D eigenvalue weighted by Gasteiger charge is 2.23. The Balaban J connectivity index is 2.06. The summed E-state index contributed by atoms with van der Waals surface area (Å²) in [6.07, 6.45) is 2.49. The zero-order valence-corrected chi connectivity index (χ0v) is 10.7. The van der Waals surface area contributed by atoms with Crippen LogP contribution in [0.15, 0.2) is 0 Å². The number of nitrogen functional groups attached to an aromatic ring is 1. The summed E-state index contributed by atoms with van der Waals surface area (Å²) in [5, 5.41) is 1.23. The number of nitrogens with zero attached hydrogens (tertiary/aromatic N) is 2. The molecule has 1 aromatic heterocycles. The van der Waals surface area contributed by atoms with Gasteiger partial charge in [-0.05, 0) is 37.2 Å². The molecular weight excluding hydrogens is 222 g/mol. The molecule has 0 aliphatic carbocycles. The summed E-state index contributed by atoms with van der Waals surface area (Å²) >= 11 is 1.51. The summed E-state index contributed by atoms with van der Waals surface area (Å²) < 4.78 is 9.45. The average molecular weight is 241 g/mol. The maximum atomic E-state index is 5.79. The quantitative estimate of drug-likeness (QED) is 0.878. The van der Waals surface area contributed by atoms with E-state index in [0.29, 0.717) is 11.7 Å². The summed E-state index contributed by atoms with van der Waals surface area (Å²) in [5.41, 5.74) is 6.92. The van der Waals surface area contributed by atoms with Crippen molar-refractivity contribution in [2.24, 2.45) is 5.92 Å². The molecule has 5 heteroatoms. The van der Waals surface area contributed by atoms with Crippen molar-refractivity contribution in [1.29, 1.82) is 0 Å². The third kappa shape index (κ3) is 2.30. The van der Waals surface area contributed by atoms with Crippen molar-refractivity contribution in [2.75, 3.05) is 37.4 Å². The van der Waals surface area contributed by atoms with Crippen LogP contribution in [-0.4, -0.2) is 31.2 Å². The lowest BCUT2D eigenvalue weighted by atomic mass is 9.99. The Morgan fingerprint density at radius 2 is 2.44 bits per heavy atom. The average Bonchev–Trinajstić information content (AvgIpc) is 2.61. The van der Waals surface area contributed by atoms with Gasteiger partial charge in [0.1, 0.15) is 10.8 Å². The molecule has 0 amide bonds. The second-order valence-electron chi connectivity index (χ2n) is 4.41. The number of nitrogens with two attached hydrogens (primary N) is 1. The Morgan fingerprint density at radius 3 is 3.06 bits per heavy atom. The molecule has 1 unspecified atom stereocenters. The van der Waals surface area contributed by atoms with Crippen molar-refractivity contribution >= 4 is 22.4 Å². The van der Waals surface area contributed by atoms with Crippen LogP contribution in [0.2, 0.25) is 0 Å². The Hall–Kier alpha value is -0.810. The molecule has 0 radical (unpaired) electrons. The first-order valence-corrected chi connectivity index (χ1v) is 6.45. The lowest BCUT2D eigenvalue weighted by Gasteiger charge is -2.33. The Labute approximate surface area is 101 Å². The molecule has 0 saturated carbocycles. The standard InChI is InChI=1S/C11H19N3OS/c1-8-10(12)13-16-11(8)14-5-3-4-9(6-14)7-15-2/h9H,3-7H2,1-2H3,(H2,12,13). The van der Waals surface area contributed by atoms with Crippen molar-refractivity contribution in [1.82, 2.24) is 4.37 Å². The fourth-order valence-corrected chi connectivity index (χ4v) is 3.10. The molecule has 90 valence electrons. The highest BCUT2D eigenvalue weighted by atomic mass is 32.1. The van der Waals surface area contributed by atoms with E-state index in [9.17, 15) is 0 Å². The van der Waals surface area contributed by atoms with Crippen molar-refractivity contribution in [3.05, 3.63) is 5.56 Å². The largest absolute Gasteiger partial charge is 0.384 e. The van der Waals surface area contributed by atoms with E-state index in [1.807, 2.05) is 6.92 Å². The fraction of sp³-hybridized carbons (Fsp3) is 0.727. The van der Waals surface area contributed by atoms with Crippen LogP contribution in [0.1, 0.15) is 18.4 Å². The van der Waals surface area contributed by atoms with Gasteiger partial charge in [0.2, 0.25) is 0 Å². The van der Waals surface area contributed by atoms with E-state index >= 15 is 0 Å². The van der Waals surface area contributed by atoms with Gasteiger partial charge in [0.25, 0.3) is 0 Å². The first-order chi connectivity index (χ1) is 7.72. The van der Waals surface area contributed by atoms with E-state index in [2.05, 4.69) is 9.27 Å². The summed E-state index contributed by atoms with van der Waals surface area (Å²) in [6, 6.07) is 0. The zero-order valence-electron chi connectivity index (χ0n) is 9.90. The first-order valence-electron chi connectivity index (χ1n) is 5.68. The van der Waals surface area contributed by atoms with Gasteiger partial charge < -0.3 is 15.4 Å². The molecule has 1 aliphatic rings. The van der Waals surface area contributed by atoms with Crippen LogP contribution in [0, 0.1) is 12.8 Å². The Kier molecular flexibility index (Phi) is 3.66. The molecule has 2 rings (SSSR count). The molecule has 0 aromatic carbocycles. The van der Waals surface area contributed by atoms with Crippen LogP contribution in [0.5, 0.6) is 0 Å². The van der Waals surface area contributed by atoms with E-state index in [0.717, 1.165) is 25.3 Å². The summed E-state index contributed by atoms with van der Waals surface area (Å²) in [4.78, 5) is 2.40. The van der Waals surface area contributed by atoms with Crippen molar-refractivity contribution in [2.45, 2.75) is 19.8 Å². The second kappa shape index (κ2) is 5.01. The third-order valence-electron chi connectivity index (χ3n) is 3.14.